The number of ketones is 1. The largest absolute Gasteiger partial charge is 0.349 e. The zero-order valence-electron chi connectivity index (χ0n) is 23.0. The average Bonchev–Trinajstić information content (AvgIpc) is 2.96. The van der Waals surface area contributed by atoms with E-state index in [0.717, 1.165) is 24.3 Å². The lowest BCUT2D eigenvalue weighted by atomic mass is 9.83. The number of urea groups is 1. The molecule has 6 nitrogen and oxygen atoms in total. The molecule has 0 spiro atoms. The van der Waals surface area contributed by atoms with Gasteiger partial charge in [-0.15, -0.1) is 0 Å². The highest BCUT2D eigenvalue weighted by Crippen LogP contribution is 2.29. The van der Waals surface area contributed by atoms with Crippen LogP contribution in [0.4, 0.5) is 28.0 Å². The molecule has 10 heteroatoms. The van der Waals surface area contributed by atoms with Crippen LogP contribution in [-0.2, 0) is 4.79 Å². The lowest BCUT2D eigenvalue weighted by Crippen LogP contribution is -2.39. The monoisotopic (exact) mass is 579 g/mol. The summed E-state index contributed by atoms with van der Waals surface area (Å²) >= 11 is 0. The zero-order chi connectivity index (χ0) is 30.4. The van der Waals surface area contributed by atoms with Crippen LogP contribution in [0, 0.1) is 23.3 Å². The Kier molecular flexibility index (Phi) is 9.57. The van der Waals surface area contributed by atoms with Crippen molar-refractivity contribution >= 4 is 35.6 Å². The first kappa shape index (κ1) is 30.2. The molecule has 3 aromatic carbocycles. The lowest BCUT2D eigenvalue weighted by Gasteiger charge is -2.27. The van der Waals surface area contributed by atoms with Crippen molar-refractivity contribution in [2.45, 2.75) is 32.7 Å². The quantitative estimate of drug-likeness (QED) is 0.240. The second-order valence-electron chi connectivity index (χ2n) is 9.77. The van der Waals surface area contributed by atoms with Gasteiger partial charge in [0, 0.05) is 41.5 Å². The Morgan fingerprint density at radius 2 is 1.29 bits per heavy atom. The van der Waals surface area contributed by atoms with Crippen LogP contribution in [0.2, 0.25) is 0 Å². The fourth-order valence-corrected chi connectivity index (χ4v) is 4.64. The van der Waals surface area contributed by atoms with Crippen molar-refractivity contribution in [2.75, 3.05) is 18.4 Å². The second kappa shape index (κ2) is 13.3. The minimum atomic E-state index is -1.08. The van der Waals surface area contributed by atoms with E-state index in [9.17, 15) is 31.9 Å². The molecular weight excluding hydrogens is 550 g/mol. The fourth-order valence-electron chi connectivity index (χ4n) is 4.64. The van der Waals surface area contributed by atoms with Crippen LogP contribution >= 0.6 is 0 Å². The predicted molar refractivity (Wildman–Crippen MR) is 153 cm³/mol. The minimum Gasteiger partial charge on any atom is -0.349 e. The smallest absolute Gasteiger partial charge is 0.321 e. The minimum absolute atomic E-state index is 0.0939. The van der Waals surface area contributed by atoms with Crippen molar-refractivity contribution in [1.29, 1.82) is 0 Å². The van der Waals surface area contributed by atoms with Gasteiger partial charge in [-0.3, -0.25) is 9.59 Å². The van der Waals surface area contributed by atoms with E-state index in [4.69, 9.17) is 0 Å². The summed E-state index contributed by atoms with van der Waals surface area (Å²) in [6.45, 7) is 4.83. The maximum absolute atomic E-state index is 13.8. The number of hydrogen-bond donors (Lipinski definition) is 2. The van der Waals surface area contributed by atoms with E-state index < -0.39 is 41.0 Å². The molecule has 1 saturated carbocycles. The van der Waals surface area contributed by atoms with Crippen LogP contribution in [0.5, 0.6) is 0 Å². The summed E-state index contributed by atoms with van der Waals surface area (Å²) in [5, 5.41) is 5.66. The van der Waals surface area contributed by atoms with Gasteiger partial charge in [0.2, 0.25) is 0 Å². The zero-order valence-corrected chi connectivity index (χ0v) is 23.0. The van der Waals surface area contributed by atoms with Gasteiger partial charge in [-0.05, 0) is 98.5 Å². The predicted octanol–water partition coefficient (Wildman–Crippen LogP) is 6.75. The molecule has 0 aliphatic heterocycles. The normalized spacial score (nSPS) is 16.9. The molecule has 1 fully saturated rings. The molecule has 218 valence electrons. The number of hydrogen-bond acceptors (Lipinski definition) is 3. The Labute approximate surface area is 240 Å². The third kappa shape index (κ3) is 7.31. The van der Waals surface area contributed by atoms with Gasteiger partial charge in [0.15, 0.2) is 29.1 Å². The van der Waals surface area contributed by atoms with Gasteiger partial charge in [-0.25, -0.2) is 22.4 Å². The van der Waals surface area contributed by atoms with Crippen molar-refractivity contribution in [3.05, 3.63) is 112 Å². The molecule has 0 radical (unpaired) electrons. The van der Waals surface area contributed by atoms with E-state index in [1.54, 1.807) is 29.2 Å². The van der Waals surface area contributed by atoms with Gasteiger partial charge >= 0.3 is 6.03 Å². The summed E-state index contributed by atoms with van der Waals surface area (Å²) in [6.07, 6.45) is 3.01. The molecule has 2 N–H and O–H groups in total. The highest BCUT2D eigenvalue weighted by atomic mass is 19.2. The van der Waals surface area contributed by atoms with E-state index in [1.165, 1.54) is 24.3 Å². The Morgan fingerprint density at radius 1 is 0.786 bits per heavy atom. The summed E-state index contributed by atoms with van der Waals surface area (Å²) in [5.41, 5.74) is 1.77. The van der Waals surface area contributed by atoms with Crippen LogP contribution in [0.15, 0.2) is 71.8 Å². The van der Waals surface area contributed by atoms with Crippen molar-refractivity contribution in [1.82, 2.24) is 10.2 Å². The number of nitrogens with zero attached hydrogens (tertiary/aromatic N) is 1. The maximum Gasteiger partial charge on any atom is 0.321 e. The van der Waals surface area contributed by atoms with Gasteiger partial charge in [-0.2, -0.15) is 0 Å². The molecule has 0 bridgehead atoms. The molecule has 0 heterocycles. The summed E-state index contributed by atoms with van der Waals surface area (Å²) in [6, 6.07) is 11.9. The van der Waals surface area contributed by atoms with Crippen LogP contribution in [0.1, 0.15) is 48.2 Å². The molecule has 3 amide bonds. The van der Waals surface area contributed by atoms with Gasteiger partial charge in [0.05, 0.1) is 0 Å². The average molecular weight is 580 g/mol. The van der Waals surface area contributed by atoms with Gasteiger partial charge in [0.1, 0.15) is 0 Å². The highest BCUT2D eigenvalue weighted by Gasteiger charge is 2.29. The number of carbonyl (C=O) groups is 3. The summed E-state index contributed by atoms with van der Waals surface area (Å²) in [7, 11) is 0. The number of carbonyl (C=O) groups excluding carboxylic acids is 3. The first-order chi connectivity index (χ1) is 20.1. The van der Waals surface area contributed by atoms with Crippen molar-refractivity contribution < 1.29 is 31.9 Å². The first-order valence-electron chi connectivity index (χ1n) is 13.4. The van der Waals surface area contributed by atoms with Gasteiger partial charge < -0.3 is 15.5 Å². The second-order valence-corrected chi connectivity index (χ2v) is 9.77. The molecule has 0 saturated heterocycles. The number of benzene rings is 3. The molecule has 4 rings (SSSR count). The maximum atomic E-state index is 13.8. The number of nitrogens with one attached hydrogen (secondary N) is 2. The Balaban J connectivity index is 1.57. The molecular formula is C32H29F4N3O3. The molecule has 0 aromatic heterocycles. The number of halogens is 4. The van der Waals surface area contributed by atoms with E-state index >= 15 is 0 Å². The Bertz CT molecular complexity index is 1490. The van der Waals surface area contributed by atoms with E-state index in [0.29, 0.717) is 24.3 Å². The lowest BCUT2D eigenvalue weighted by molar-refractivity contribution is -0.113. The summed E-state index contributed by atoms with van der Waals surface area (Å²) in [5.74, 6) is -5.07. The van der Waals surface area contributed by atoms with Gasteiger partial charge in [-0.1, -0.05) is 12.1 Å². The summed E-state index contributed by atoms with van der Waals surface area (Å²) < 4.78 is 54.5. The van der Waals surface area contributed by atoms with Crippen LogP contribution < -0.4 is 10.6 Å². The van der Waals surface area contributed by atoms with Gasteiger partial charge in [0.25, 0.3) is 5.91 Å². The summed E-state index contributed by atoms with van der Waals surface area (Å²) in [4.78, 5) is 40.4. The SMILES string of the molecule is CCN(CC)C(=O)Nc1ccc(C(=O)NC2C/C(=C\c3ccc(F)c(F)c3)C(=O)/C(=C/c3ccc(F)c(F)c3)C2)cc1. The molecule has 1 aliphatic carbocycles. The van der Waals surface area contributed by atoms with E-state index in [-0.39, 0.29) is 41.1 Å². The molecule has 42 heavy (non-hydrogen) atoms. The van der Waals surface area contributed by atoms with Crippen LogP contribution in [-0.4, -0.2) is 41.8 Å². The molecule has 3 aromatic rings. The van der Waals surface area contributed by atoms with E-state index in [1.807, 2.05) is 13.8 Å². The van der Waals surface area contributed by atoms with Crippen molar-refractivity contribution in [3.63, 3.8) is 0 Å². The molecule has 0 unspecified atom stereocenters. The third-order valence-electron chi connectivity index (χ3n) is 6.87. The standard InChI is InChI=1S/C32H29F4N3O3/c1-3-39(4-2)32(42)38-24-9-7-21(8-10-24)31(41)37-25-17-22(13-19-5-11-26(33)28(35)15-19)30(40)23(18-25)14-20-6-12-27(34)29(36)16-20/h5-16,25H,3-4,17-18H2,1-2H3,(H,37,41)(H,38,42)/b22-13+,23-14+. The number of amides is 3. The number of rotatable bonds is 7. The van der Waals surface area contributed by atoms with Crippen LogP contribution in [0.3, 0.4) is 0 Å². The number of Topliss-reactive ketones (excluding diaryl/α,β-unsaturated/α-hetero) is 1. The van der Waals surface area contributed by atoms with E-state index in [2.05, 4.69) is 10.6 Å². The molecule has 1 aliphatic rings. The van der Waals surface area contributed by atoms with Crippen molar-refractivity contribution in [3.8, 4) is 0 Å². The molecule has 0 atom stereocenters. The topological polar surface area (TPSA) is 78.5 Å². The Morgan fingerprint density at radius 3 is 1.74 bits per heavy atom. The number of anilines is 1. The highest BCUT2D eigenvalue weighted by molar-refractivity contribution is 6.14. The van der Waals surface area contributed by atoms with Crippen molar-refractivity contribution in [2.24, 2.45) is 0 Å². The third-order valence-corrected chi connectivity index (χ3v) is 6.87. The van der Waals surface area contributed by atoms with Crippen LogP contribution in [0.25, 0.3) is 12.2 Å². The Hall–Kier alpha value is -4.73. The first-order valence-corrected chi connectivity index (χ1v) is 13.4. The fraction of sp³-hybridized carbons (Fsp3) is 0.219.